The third kappa shape index (κ3) is 5.57. The van der Waals surface area contributed by atoms with E-state index in [9.17, 15) is 17.2 Å². The molecule has 2 aromatic rings. The summed E-state index contributed by atoms with van der Waals surface area (Å²) in [6, 6.07) is 12.4. The lowest BCUT2D eigenvalue weighted by Gasteiger charge is -2.34. The van der Waals surface area contributed by atoms with Crippen molar-refractivity contribution >= 4 is 10.0 Å². The van der Waals surface area contributed by atoms with Gasteiger partial charge < -0.3 is 4.90 Å². The van der Waals surface area contributed by atoms with E-state index in [1.54, 1.807) is 12.1 Å². The van der Waals surface area contributed by atoms with Gasteiger partial charge >= 0.3 is 0 Å². The van der Waals surface area contributed by atoms with Gasteiger partial charge in [0.15, 0.2) is 0 Å². The molecule has 0 spiro atoms. The van der Waals surface area contributed by atoms with Gasteiger partial charge in [0.2, 0.25) is 10.0 Å². The smallest absolute Gasteiger partial charge is 0.218 e. The molecule has 7 heteroatoms. The lowest BCUT2D eigenvalue weighted by molar-refractivity contribution is 0.186. The van der Waals surface area contributed by atoms with E-state index in [-0.39, 0.29) is 17.4 Å². The molecule has 0 radical (unpaired) electrons. The lowest BCUT2D eigenvalue weighted by atomic mass is 10.1. The summed E-state index contributed by atoms with van der Waals surface area (Å²) in [5, 5.41) is 0. The molecule has 0 aliphatic carbocycles. The van der Waals surface area contributed by atoms with Crippen LogP contribution in [0.1, 0.15) is 17.5 Å². The Labute approximate surface area is 159 Å². The van der Waals surface area contributed by atoms with Gasteiger partial charge in [0.05, 0.1) is 5.75 Å². The Balaban J connectivity index is 1.45. The molecular weight excluding hydrogens is 370 g/mol. The highest BCUT2D eigenvalue weighted by Crippen LogP contribution is 2.15. The molecule has 27 heavy (non-hydrogen) atoms. The number of piperazine rings is 1. The Hall–Kier alpha value is -1.83. The Morgan fingerprint density at radius 1 is 0.889 bits per heavy atom. The molecule has 0 amide bonds. The van der Waals surface area contributed by atoms with Crippen LogP contribution >= 0.6 is 0 Å². The van der Waals surface area contributed by atoms with Gasteiger partial charge in [-0.25, -0.2) is 17.2 Å². The van der Waals surface area contributed by atoms with E-state index in [1.807, 2.05) is 6.07 Å². The van der Waals surface area contributed by atoms with Crippen molar-refractivity contribution in [2.24, 2.45) is 0 Å². The third-order valence-corrected chi connectivity index (χ3v) is 6.72. The molecule has 4 nitrogen and oxygen atoms in total. The minimum absolute atomic E-state index is 0.111. The number of nitrogens with zero attached hydrogens (tertiary/aromatic N) is 2. The first-order valence-corrected chi connectivity index (χ1v) is 10.7. The first-order chi connectivity index (χ1) is 12.9. The van der Waals surface area contributed by atoms with E-state index >= 15 is 0 Å². The fraction of sp³-hybridized carbons (Fsp3) is 0.400. The van der Waals surface area contributed by atoms with Crippen LogP contribution in [0.3, 0.4) is 0 Å². The summed E-state index contributed by atoms with van der Waals surface area (Å²) < 4.78 is 53.2. The Bertz CT molecular complexity index is 849. The van der Waals surface area contributed by atoms with Gasteiger partial charge in [0.1, 0.15) is 11.6 Å². The largest absolute Gasteiger partial charge is 0.301 e. The minimum atomic E-state index is -3.41. The highest BCUT2D eigenvalue weighted by Gasteiger charge is 2.26. The number of rotatable bonds is 7. The molecule has 0 N–H and O–H groups in total. The molecule has 0 bridgehead atoms. The van der Waals surface area contributed by atoms with Crippen molar-refractivity contribution in [2.75, 3.05) is 32.7 Å². The summed E-state index contributed by atoms with van der Waals surface area (Å²) in [4.78, 5) is 2.21. The second-order valence-electron chi connectivity index (χ2n) is 6.82. The normalized spacial score (nSPS) is 16.5. The molecule has 2 aromatic carbocycles. The summed E-state index contributed by atoms with van der Waals surface area (Å²) in [6.45, 7) is 3.05. The zero-order valence-electron chi connectivity index (χ0n) is 15.2. The van der Waals surface area contributed by atoms with Crippen molar-refractivity contribution in [3.8, 4) is 0 Å². The number of sulfonamides is 1. The van der Waals surface area contributed by atoms with Gasteiger partial charge in [-0.2, -0.15) is 4.31 Å². The van der Waals surface area contributed by atoms with Crippen LogP contribution in [0.15, 0.2) is 48.5 Å². The van der Waals surface area contributed by atoms with Crippen LogP contribution in [0.25, 0.3) is 0 Å². The SMILES string of the molecule is O=S(=O)(Cc1ccc(F)cc1)N1CCN(CCCc2ccccc2F)CC1. The maximum atomic E-state index is 13.6. The maximum Gasteiger partial charge on any atom is 0.218 e. The monoisotopic (exact) mass is 394 g/mol. The summed E-state index contributed by atoms with van der Waals surface area (Å²) in [7, 11) is -3.41. The molecule has 0 saturated carbocycles. The second-order valence-corrected chi connectivity index (χ2v) is 8.79. The highest BCUT2D eigenvalue weighted by atomic mass is 32.2. The van der Waals surface area contributed by atoms with Gasteiger partial charge in [0, 0.05) is 26.2 Å². The van der Waals surface area contributed by atoms with E-state index in [0.29, 0.717) is 38.2 Å². The molecular formula is C20H24F2N2O2S. The standard InChI is InChI=1S/C20H24F2N2O2S/c21-19-9-7-17(8-10-19)16-27(25,26)24-14-12-23(13-15-24)11-3-5-18-4-1-2-6-20(18)22/h1-2,4,6-10H,3,5,11-16H2. The van der Waals surface area contributed by atoms with Crippen molar-refractivity contribution < 1.29 is 17.2 Å². The van der Waals surface area contributed by atoms with Crippen molar-refractivity contribution in [1.82, 2.24) is 9.21 Å². The van der Waals surface area contributed by atoms with Crippen molar-refractivity contribution in [3.05, 3.63) is 71.3 Å². The average Bonchev–Trinajstić information content (AvgIpc) is 2.65. The zero-order valence-corrected chi connectivity index (χ0v) is 16.0. The summed E-state index contributed by atoms with van der Waals surface area (Å²) in [6.07, 6.45) is 1.51. The average molecular weight is 394 g/mol. The molecule has 1 aliphatic heterocycles. The summed E-state index contributed by atoms with van der Waals surface area (Å²) in [5.74, 6) is -0.657. The molecule has 0 aromatic heterocycles. The molecule has 0 unspecified atom stereocenters. The van der Waals surface area contributed by atoms with Crippen LogP contribution in [-0.4, -0.2) is 50.3 Å². The molecule has 1 saturated heterocycles. The first-order valence-electron chi connectivity index (χ1n) is 9.12. The number of aryl methyl sites for hydroxylation is 1. The molecule has 146 valence electrons. The quantitative estimate of drug-likeness (QED) is 0.725. The maximum absolute atomic E-state index is 13.6. The van der Waals surface area contributed by atoms with Crippen LogP contribution in [-0.2, 0) is 22.2 Å². The number of hydrogen-bond donors (Lipinski definition) is 0. The van der Waals surface area contributed by atoms with Crippen LogP contribution < -0.4 is 0 Å². The zero-order chi connectivity index (χ0) is 19.3. The van der Waals surface area contributed by atoms with E-state index in [2.05, 4.69) is 4.90 Å². The number of benzene rings is 2. The van der Waals surface area contributed by atoms with Crippen LogP contribution in [0.5, 0.6) is 0 Å². The van der Waals surface area contributed by atoms with Crippen molar-refractivity contribution in [2.45, 2.75) is 18.6 Å². The fourth-order valence-corrected chi connectivity index (χ4v) is 4.82. The van der Waals surface area contributed by atoms with Crippen LogP contribution in [0.2, 0.25) is 0 Å². The fourth-order valence-electron chi connectivity index (χ4n) is 3.31. The van der Waals surface area contributed by atoms with Gasteiger partial charge in [-0.05, 0) is 48.7 Å². The van der Waals surface area contributed by atoms with Gasteiger partial charge in [-0.3, -0.25) is 0 Å². The van der Waals surface area contributed by atoms with Gasteiger partial charge in [0.25, 0.3) is 0 Å². The van der Waals surface area contributed by atoms with Crippen molar-refractivity contribution in [1.29, 1.82) is 0 Å². The summed E-state index contributed by atoms with van der Waals surface area (Å²) >= 11 is 0. The lowest BCUT2D eigenvalue weighted by Crippen LogP contribution is -2.49. The summed E-state index contributed by atoms with van der Waals surface area (Å²) in [5.41, 5.74) is 1.31. The van der Waals surface area contributed by atoms with Crippen LogP contribution in [0.4, 0.5) is 8.78 Å². The number of hydrogen-bond acceptors (Lipinski definition) is 3. The minimum Gasteiger partial charge on any atom is -0.301 e. The highest BCUT2D eigenvalue weighted by molar-refractivity contribution is 7.88. The Morgan fingerprint density at radius 2 is 1.56 bits per heavy atom. The first kappa shape index (κ1) is 19.9. The van der Waals surface area contributed by atoms with E-state index in [0.717, 1.165) is 18.5 Å². The molecule has 1 aliphatic rings. The van der Waals surface area contributed by atoms with Crippen LogP contribution in [0, 0.1) is 11.6 Å². The second kappa shape index (κ2) is 8.91. The van der Waals surface area contributed by atoms with Gasteiger partial charge in [-0.1, -0.05) is 30.3 Å². The Kier molecular flexibility index (Phi) is 6.57. The van der Waals surface area contributed by atoms with Crippen molar-refractivity contribution in [3.63, 3.8) is 0 Å². The predicted molar refractivity (Wildman–Crippen MR) is 102 cm³/mol. The van der Waals surface area contributed by atoms with E-state index < -0.39 is 10.0 Å². The molecule has 3 rings (SSSR count). The number of halogens is 2. The topological polar surface area (TPSA) is 40.6 Å². The van der Waals surface area contributed by atoms with Gasteiger partial charge in [-0.15, -0.1) is 0 Å². The third-order valence-electron chi connectivity index (χ3n) is 4.87. The molecule has 1 heterocycles. The predicted octanol–water partition coefficient (Wildman–Crippen LogP) is 3.05. The molecule has 0 atom stereocenters. The molecule has 1 fully saturated rings. The Morgan fingerprint density at radius 3 is 2.22 bits per heavy atom. The van der Waals surface area contributed by atoms with E-state index in [4.69, 9.17) is 0 Å². The van der Waals surface area contributed by atoms with E-state index in [1.165, 1.54) is 34.6 Å².